The van der Waals surface area contributed by atoms with Crippen LogP contribution in [-0.4, -0.2) is 138 Å². The fraction of sp³-hybridized carbons (Fsp3) is 0.795. The highest BCUT2D eigenvalue weighted by molar-refractivity contribution is 6.45. The molecule has 3 N–H and O–H groups in total. The van der Waals surface area contributed by atoms with Gasteiger partial charge in [0.05, 0.1) is 0 Å². The standard InChI is InChI=1S/C23H38BN3O2.C16H32BN3O2/c1-23(2,3)21-18-25(17-20-8-6-5-7-9-20)14-15-27(21)22(28)16-19-10-12-26(13-11-19)24(4)29;1-16(2,3)14-12-18-7-10-20(14)15(21)11-13-5-8-19(9-6-13)17(4)22/h5-9,19,21,29H,10-18H2,1-4H3;13-14,18,22H,5-12H2,1-4H3/t21-;14-/m11/s1. The lowest BCUT2D eigenvalue weighted by molar-refractivity contribution is -0.141. The average molecular weight is 709 g/mol. The summed E-state index contributed by atoms with van der Waals surface area (Å²) in [6.45, 7) is 26.9. The summed E-state index contributed by atoms with van der Waals surface area (Å²) in [6, 6.07) is 11.1. The van der Waals surface area contributed by atoms with E-state index in [1.54, 1.807) is 0 Å². The normalized spacial score (nSPS) is 23.8. The second-order valence-corrected chi connectivity index (χ2v) is 18.0. The number of carbonyl (C=O) groups is 2. The molecule has 2 atom stereocenters. The van der Waals surface area contributed by atoms with E-state index in [0.29, 0.717) is 36.5 Å². The van der Waals surface area contributed by atoms with Gasteiger partial charge in [0, 0.05) is 70.7 Å². The molecule has 5 rings (SSSR count). The van der Waals surface area contributed by atoms with Gasteiger partial charge in [-0.15, -0.1) is 0 Å². The third-order valence-electron chi connectivity index (χ3n) is 11.9. The first kappa shape index (κ1) is 41.8. The Balaban J connectivity index is 0.000000238. The summed E-state index contributed by atoms with van der Waals surface area (Å²) in [7, 11) is -0.746. The largest absolute Gasteiger partial charge is 0.437 e. The molecule has 12 heteroatoms. The van der Waals surface area contributed by atoms with Gasteiger partial charge in [0.1, 0.15) is 0 Å². The number of carbonyl (C=O) groups excluding carboxylic acids is 2. The van der Waals surface area contributed by atoms with Crippen LogP contribution in [0.5, 0.6) is 0 Å². The number of rotatable bonds is 8. The molecule has 0 bridgehead atoms. The Labute approximate surface area is 310 Å². The van der Waals surface area contributed by atoms with Crippen molar-refractivity contribution in [1.82, 2.24) is 29.6 Å². The van der Waals surface area contributed by atoms with Gasteiger partial charge in [-0.2, -0.15) is 0 Å². The molecule has 10 nitrogen and oxygen atoms in total. The summed E-state index contributed by atoms with van der Waals surface area (Å²) in [5.41, 5.74) is 1.50. The number of nitrogens with one attached hydrogen (secondary N) is 1. The van der Waals surface area contributed by atoms with E-state index in [0.717, 1.165) is 97.7 Å². The summed E-state index contributed by atoms with van der Waals surface area (Å²) >= 11 is 0. The first-order valence-electron chi connectivity index (χ1n) is 19.9. The van der Waals surface area contributed by atoms with Crippen LogP contribution in [0.25, 0.3) is 0 Å². The Hall–Kier alpha value is -1.95. The van der Waals surface area contributed by atoms with Crippen LogP contribution < -0.4 is 5.32 Å². The molecule has 0 unspecified atom stereocenters. The summed E-state index contributed by atoms with van der Waals surface area (Å²) in [4.78, 5) is 37.0. The summed E-state index contributed by atoms with van der Waals surface area (Å²) in [5.74, 6) is 1.55. The zero-order chi connectivity index (χ0) is 37.3. The minimum absolute atomic E-state index is 0.0563. The third-order valence-corrected chi connectivity index (χ3v) is 11.9. The second-order valence-electron chi connectivity index (χ2n) is 18.0. The molecule has 0 aliphatic carbocycles. The van der Waals surface area contributed by atoms with E-state index in [1.807, 2.05) is 13.6 Å². The maximum absolute atomic E-state index is 13.2. The zero-order valence-corrected chi connectivity index (χ0v) is 33.3. The van der Waals surface area contributed by atoms with Gasteiger partial charge in [0.2, 0.25) is 11.8 Å². The maximum Gasteiger partial charge on any atom is 0.376 e. The highest BCUT2D eigenvalue weighted by Crippen LogP contribution is 2.31. The van der Waals surface area contributed by atoms with Crippen molar-refractivity contribution in [2.24, 2.45) is 22.7 Å². The van der Waals surface area contributed by atoms with E-state index < -0.39 is 0 Å². The Morgan fingerprint density at radius 3 is 1.63 bits per heavy atom. The van der Waals surface area contributed by atoms with Crippen molar-refractivity contribution in [1.29, 1.82) is 0 Å². The molecule has 1 aromatic rings. The van der Waals surface area contributed by atoms with Gasteiger partial charge in [-0.1, -0.05) is 71.9 Å². The fourth-order valence-corrected chi connectivity index (χ4v) is 8.43. The van der Waals surface area contributed by atoms with Gasteiger partial charge in [-0.25, -0.2) is 0 Å². The van der Waals surface area contributed by atoms with Crippen LogP contribution in [0.4, 0.5) is 0 Å². The molecule has 0 radical (unpaired) electrons. The van der Waals surface area contributed by atoms with Crippen molar-refractivity contribution < 1.29 is 19.6 Å². The molecule has 51 heavy (non-hydrogen) atoms. The quantitative estimate of drug-likeness (QED) is 0.349. The molecular weight excluding hydrogens is 638 g/mol. The number of piperidine rings is 2. The molecule has 0 aromatic heterocycles. The van der Waals surface area contributed by atoms with Gasteiger partial charge < -0.3 is 34.8 Å². The number of hydrogen-bond acceptors (Lipinski definition) is 8. The SMILES string of the molecule is CB(O)N1CCC(CC(=O)N2CCN(Cc3ccccc3)C[C@@H]2C(C)(C)C)CC1.CB(O)N1CCC(CC(=O)N2CCNC[C@@H]2C(C)(C)C)CC1. The summed E-state index contributed by atoms with van der Waals surface area (Å²) in [6.07, 6.45) is 5.36. The Kier molecular flexibility index (Phi) is 15.5. The number of nitrogens with zero attached hydrogens (tertiary/aromatic N) is 5. The highest BCUT2D eigenvalue weighted by Gasteiger charge is 2.39. The lowest BCUT2D eigenvalue weighted by Crippen LogP contribution is -2.59. The van der Waals surface area contributed by atoms with Crippen LogP contribution in [0.15, 0.2) is 30.3 Å². The van der Waals surface area contributed by atoms with Crippen LogP contribution in [0.1, 0.15) is 85.6 Å². The molecule has 4 heterocycles. The fourth-order valence-electron chi connectivity index (χ4n) is 8.43. The second kappa shape index (κ2) is 18.9. The first-order valence-corrected chi connectivity index (χ1v) is 19.9. The molecule has 4 aliphatic rings. The monoisotopic (exact) mass is 709 g/mol. The van der Waals surface area contributed by atoms with Crippen molar-refractivity contribution in [2.45, 2.75) is 112 Å². The van der Waals surface area contributed by atoms with Gasteiger partial charge in [0.15, 0.2) is 0 Å². The van der Waals surface area contributed by atoms with Gasteiger partial charge in [-0.05, 0) is 93.7 Å². The number of benzene rings is 1. The Morgan fingerprint density at radius 2 is 1.18 bits per heavy atom. The molecular formula is C39H70B2N6O4. The highest BCUT2D eigenvalue weighted by atomic mass is 16.2. The van der Waals surface area contributed by atoms with Gasteiger partial charge in [0.25, 0.3) is 0 Å². The van der Waals surface area contributed by atoms with Crippen molar-refractivity contribution in [3.8, 4) is 0 Å². The van der Waals surface area contributed by atoms with Crippen molar-refractivity contribution in [2.75, 3.05) is 65.4 Å². The van der Waals surface area contributed by atoms with Crippen molar-refractivity contribution in [3.05, 3.63) is 35.9 Å². The van der Waals surface area contributed by atoms with E-state index in [-0.39, 0.29) is 37.0 Å². The van der Waals surface area contributed by atoms with Crippen LogP contribution in [0, 0.1) is 22.7 Å². The number of hydrogen-bond donors (Lipinski definition) is 3. The van der Waals surface area contributed by atoms with Gasteiger partial charge >= 0.3 is 14.1 Å². The van der Waals surface area contributed by atoms with Crippen molar-refractivity contribution >= 4 is 25.9 Å². The minimum atomic E-state index is -0.380. The summed E-state index contributed by atoms with van der Waals surface area (Å²) < 4.78 is 0. The van der Waals surface area contributed by atoms with E-state index in [4.69, 9.17) is 0 Å². The van der Waals surface area contributed by atoms with Crippen molar-refractivity contribution in [3.63, 3.8) is 0 Å². The number of piperazine rings is 2. The lowest BCUT2D eigenvalue weighted by Gasteiger charge is -2.48. The number of amides is 2. The third kappa shape index (κ3) is 12.6. The average Bonchev–Trinajstić information content (AvgIpc) is 3.08. The lowest BCUT2D eigenvalue weighted by atomic mass is 9.80. The van der Waals surface area contributed by atoms with Crippen LogP contribution in [0.2, 0.25) is 13.6 Å². The molecule has 0 spiro atoms. The molecule has 1 aromatic carbocycles. The summed E-state index contributed by atoms with van der Waals surface area (Å²) in [5, 5.41) is 22.8. The molecule has 4 saturated heterocycles. The van der Waals surface area contributed by atoms with Gasteiger partial charge in [-0.3, -0.25) is 14.5 Å². The Bertz CT molecular complexity index is 1210. The Morgan fingerprint density at radius 1 is 0.706 bits per heavy atom. The predicted octanol–water partition coefficient (Wildman–Crippen LogP) is 4.00. The van der Waals surface area contributed by atoms with E-state index in [2.05, 4.69) is 102 Å². The van der Waals surface area contributed by atoms with E-state index in [9.17, 15) is 19.6 Å². The molecule has 4 fully saturated rings. The molecule has 4 aliphatic heterocycles. The maximum atomic E-state index is 13.2. The van der Waals surface area contributed by atoms with Crippen LogP contribution >= 0.6 is 0 Å². The molecule has 2 amide bonds. The topological polar surface area (TPSA) is 103 Å². The smallest absolute Gasteiger partial charge is 0.376 e. The first-order chi connectivity index (χ1) is 24.0. The molecule has 0 saturated carbocycles. The van der Waals surface area contributed by atoms with E-state index in [1.165, 1.54) is 5.56 Å². The van der Waals surface area contributed by atoms with Crippen LogP contribution in [0.3, 0.4) is 0 Å². The molecule has 286 valence electrons. The van der Waals surface area contributed by atoms with Crippen LogP contribution in [-0.2, 0) is 16.1 Å². The van der Waals surface area contributed by atoms with E-state index >= 15 is 0 Å². The predicted molar refractivity (Wildman–Crippen MR) is 210 cm³/mol. The minimum Gasteiger partial charge on any atom is -0.437 e. The zero-order valence-electron chi connectivity index (χ0n) is 33.3.